The zero-order valence-corrected chi connectivity index (χ0v) is 12.7. The van der Waals surface area contributed by atoms with Gasteiger partial charge in [-0.1, -0.05) is 42.1 Å². The minimum Gasteiger partial charge on any atom is -0.308 e. The second-order valence-corrected chi connectivity index (χ2v) is 6.12. The van der Waals surface area contributed by atoms with Crippen LogP contribution in [0.5, 0.6) is 0 Å². The highest BCUT2D eigenvalue weighted by atomic mass is 32.2. The third-order valence-electron chi connectivity index (χ3n) is 3.33. The molecule has 0 saturated carbocycles. The molecule has 20 heavy (non-hydrogen) atoms. The average molecular weight is 289 g/mol. The Labute approximate surface area is 123 Å². The molecule has 2 heterocycles. The fourth-order valence-corrected chi connectivity index (χ4v) is 3.10. The minimum atomic E-state index is 0.868. The van der Waals surface area contributed by atoms with Crippen LogP contribution in [0.2, 0.25) is 0 Å². The van der Waals surface area contributed by atoms with Gasteiger partial charge in [-0.15, -0.1) is 10.2 Å². The predicted octanol–water partition coefficient (Wildman–Crippen LogP) is 1.83. The molecule has 0 aliphatic carbocycles. The summed E-state index contributed by atoms with van der Waals surface area (Å²) in [5, 5.41) is 9.67. The summed E-state index contributed by atoms with van der Waals surface area (Å²) >= 11 is 1.76. The Morgan fingerprint density at radius 3 is 2.75 bits per heavy atom. The maximum Gasteiger partial charge on any atom is 0.193 e. The lowest BCUT2D eigenvalue weighted by atomic mass is 10.2. The Balaban J connectivity index is 1.80. The first kappa shape index (κ1) is 13.6. The van der Waals surface area contributed by atoms with Gasteiger partial charge in [0.2, 0.25) is 0 Å². The van der Waals surface area contributed by atoms with Crippen LogP contribution in [0.25, 0.3) is 11.4 Å². The van der Waals surface area contributed by atoms with Gasteiger partial charge in [0.25, 0.3) is 0 Å². The van der Waals surface area contributed by atoms with Gasteiger partial charge in [0.1, 0.15) is 0 Å². The van der Waals surface area contributed by atoms with Crippen molar-refractivity contribution >= 4 is 11.8 Å². The zero-order valence-electron chi connectivity index (χ0n) is 11.9. The van der Waals surface area contributed by atoms with Gasteiger partial charge in [-0.3, -0.25) is 9.47 Å². The number of aromatic nitrogens is 3. The summed E-state index contributed by atoms with van der Waals surface area (Å²) in [7, 11) is 4.22. The Morgan fingerprint density at radius 2 is 2.00 bits per heavy atom. The first-order chi connectivity index (χ1) is 9.74. The summed E-state index contributed by atoms with van der Waals surface area (Å²) in [6.45, 7) is 3.00. The van der Waals surface area contributed by atoms with E-state index in [4.69, 9.17) is 0 Å². The number of hydrogen-bond donors (Lipinski definition) is 0. The Morgan fingerprint density at radius 1 is 1.20 bits per heavy atom. The molecular formula is C14H19N5S. The maximum atomic E-state index is 4.35. The monoisotopic (exact) mass is 289 g/mol. The van der Waals surface area contributed by atoms with Gasteiger partial charge in [-0.05, 0) is 14.1 Å². The third kappa shape index (κ3) is 2.87. The highest BCUT2D eigenvalue weighted by molar-refractivity contribution is 7.99. The highest BCUT2D eigenvalue weighted by Crippen LogP contribution is 2.28. The van der Waals surface area contributed by atoms with Gasteiger partial charge in [0, 0.05) is 18.7 Å². The molecule has 1 aromatic heterocycles. The summed E-state index contributed by atoms with van der Waals surface area (Å²) in [6, 6.07) is 10.3. The lowest BCUT2D eigenvalue weighted by molar-refractivity contribution is 0.215. The normalized spacial score (nSPS) is 15.6. The number of thioether (sulfide) groups is 1. The number of rotatable bonds is 4. The van der Waals surface area contributed by atoms with Crippen LogP contribution in [0.3, 0.4) is 0 Å². The number of fused-ring (bicyclic) bond motifs is 1. The smallest absolute Gasteiger partial charge is 0.193 e. The summed E-state index contributed by atoms with van der Waals surface area (Å²) in [5.74, 6) is 1.95. The molecular weight excluding hydrogens is 270 g/mol. The van der Waals surface area contributed by atoms with Crippen LogP contribution in [0.4, 0.5) is 0 Å². The van der Waals surface area contributed by atoms with E-state index < -0.39 is 0 Å². The van der Waals surface area contributed by atoms with Crippen molar-refractivity contribution in [2.75, 3.05) is 33.1 Å². The van der Waals surface area contributed by atoms with Crippen molar-refractivity contribution in [2.24, 2.45) is 0 Å². The van der Waals surface area contributed by atoms with Crippen LogP contribution in [-0.4, -0.2) is 57.6 Å². The van der Waals surface area contributed by atoms with Crippen molar-refractivity contribution < 1.29 is 0 Å². The summed E-state index contributed by atoms with van der Waals surface area (Å²) in [6.07, 6.45) is 0. The standard InChI is InChI=1S/C14H19N5S/c1-17(2)8-9-18-10-19-13(12-6-4-3-5-7-12)15-16-14(19)20-11-18/h3-7H,8-11H2,1-2H3. The lowest BCUT2D eigenvalue weighted by Gasteiger charge is -2.28. The molecule has 0 amide bonds. The average Bonchev–Trinajstić information content (AvgIpc) is 2.89. The quantitative estimate of drug-likeness (QED) is 0.858. The number of benzene rings is 1. The molecule has 0 saturated heterocycles. The second-order valence-electron chi connectivity index (χ2n) is 5.21. The lowest BCUT2D eigenvalue weighted by Crippen LogP contribution is -2.35. The van der Waals surface area contributed by atoms with E-state index in [0.717, 1.165) is 42.2 Å². The summed E-state index contributed by atoms with van der Waals surface area (Å²) < 4.78 is 2.21. The van der Waals surface area contributed by atoms with E-state index >= 15 is 0 Å². The minimum absolute atomic E-state index is 0.868. The van der Waals surface area contributed by atoms with Crippen LogP contribution < -0.4 is 0 Å². The molecule has 0 unspecified atom stereocenters. The van der Waals surface area contributed by atoms with E-state index in [-0.39, 0.29) is 0 Å². The van der Waals surface area contributed by atoms with E-state index in [1.165, 1.54) is 0 Å². The van der Waals surface area contributed by atoms with Crippen molar-refractivity contribution in [3.05, 3.63) is 30.3 Å². The molecule has 0 radical (unpaired) electrons. The summed E-state index contributed by atoms with van der Waals surface area (Å²) in [5.41, 5.74) is 1.13. The molecule has 2 aromatic rings. The third-order valence-corrected chi connectivity index (χ3v) is 4.38. The molecule has 106 valence electrons. The van der Waals surface area contributed by atoms with Crippen molar-refractivity contribution in [1.29, 1.82) is 0 Å². The highest BCUT2D eigenvalue weighted by Gasteiger charge is 2.22. The molecule has 0 spiro atoms. The van der Waals surface area contributed by atoms with Gasteiger partial charge in [-0.25, -0.2) is 0 Å². The zero-order chi connectivity index (χ0) is 13.9. The molecule has 1 aliphatic heterocycles. The molecule has 1 aromatic carbocycles. The van der Waals surface area contributed by atoms with Crippen LogP contribution in [0.1, 0.15) is 0 Å². The molecule has 6 heteroatoms. The Bertz CT molecular complexity index is 566. The van der Waals surface area contributed by atoms with Crippen LogP contribution >= 0.6 is 11.8 Å². The van der Waals surface area contributed by atoms with Crippen LogP contribution in [0, 0.1) is 0 Å². The number of likely N-dealkylation sites (N-methyl/N-ethyl adjacent to an activating group) is 1. The van der Waals surface area contributed by atoms with Crippen molar-refractivity contribution in [3.63, 3.8) is 0 Å². The first-order valence-electron chi connectivity index (χ1n) is 6.72. The number of hydrogen-bond acceptors (Lipinski definition) is 5. The van der Waals surface area contributed by atoms with E-state index in [9.17, 15) is 0 Å². The molecule has 0 N–H and O–H groups in total. The van der Waals surface area contributed by atoms with E-state index in [0.29, 0.717) is 0 Å². The predicted molar refractivity (Wildman–Crippen MR) is 81.4 cm³/mol. The Hall–Kier alpha value is -1.37. The molecule has 0 fully saturated rings. The molecule has 1 aliphatic rings. The van der Waals surface area contributed by atoms with E-state index in [2.05, 4.69) is 50.8 Å². The fourth-order valence-electron chi connectivity index (χ4n) is 2.19. The summed E-state index contributed by atoms with van der Waals surface area (Å²) in [4.78, 5) is 4.64. The van der Waals surface area contributed by atoms with Gasteiger partial charge >= 0.3 is 0 Å². The fraction of sp³-hybridized carbons (Fsp3) is 0.429. The van der Waals surface area contributed by atoms with Gasteiger partial charge < -0.3 is 4.90 Å². The number of nitrogens with zero attached hydrogens (tertiary/aromatic N) is 5. The van der Waals surface area contributed by atoms with Gasteiger partial charge in [0.05, 0.1) is 12.5 Å². The van der Waals surface area contributed by atoms with Gasteiger partial charge in [-0.2, -0.15) is 0 Å². The topological polar surface area (TPSA) is 37.2 Å². The Kier molecular flexibility index (Phi) is 4.05. The van der Waals surface area contributed by atoms with Gasteiger partial charge in [0.15, 0.2) is 11.0 Å². The van der Waals surface area contributed by atoms with E-state index in [1.54, 1.807) is 11.8 Å². The molecule has 5 nitrogen and oxygen atoms in total. The van der Waals surface area contributed by atoms with Crippen molar-refractivity contribution in [2.45, 2.75) is 11.8 Å². The largest absolute Gasteiger partial charge is 0.308 e. The van der Waals surface area contributed by atoms with Crippen LogP contribution in [-0.2, 0) is 6.67 Å². The van der Waals surface area contributed by atoms with Crippen molar-refractivity contribution in [1.82, 2.24) is 24.6 Å². The molecule has 0 atom stereocenters. The van der Waals surface area contributed by atoms with E-state index in [1.807, 2.05) is 18.2 Å². The molecule has 3 rings (SSSR count). The SMILES string of the molecule is CN(C)CCN1CSc2nnc(-c3ccccc3)n2C1. The first-order valence-corrected chi connectivity index (χ1v) is 7.71. The molecule has 0 bridgehead atoms. The van der Waals surface area contributed by atoms with Crippen molar-refractivity contribution in [3.8, 4) is 11.4 Å². The second kappa shape index (κ2) is 5.95. The maximum absolute atomic E-state index is 4.35. The van der Waals surface area contributed by atoms with Crippen LogP contribution in [0.15, 0.2) is 35.5 Å².